The van der Waals surface area contributed by atoms with E-state index in [1.165, 1.54) is 13.8 Å². The molecule has 39 heavy (non-hydrogen) atoms. The number of hydrogen-bond acceptors (Lipinski definition) is 4. The highest BCUT2D eigenvalue weighted by Gasteiger charge is 2.73. The molecule has 0 unspecified atom stereocenters. The number of rotatable bonds is 6. The lowest BCUT2D eigenvalue weighted by Crippen LogP contribution is -2.54. The topological polar surface area (TPSA) is 92.5 Å². The number of alkyl halides is 12. The Morgan fingerprint density at radius 2 is 0.769 bits per heavy atom. The molecule has 0 heterocycles. The first-order chi connectivity index (χ1) is 17.4. The first-order valence-corrected chi connectivity index (χ1v) is 10.9. The highest BCUT2D eigenvalue weighted by molar-refractivity contribution is 5.59. The van der Waals surface area contributed by atoms with E-state index in [9.17, 15) is 62.9 Å². The Balaban J connectivity index is 2.90. The first-order valence-electron chi connectivity index (χ1n) is 10.9. The maximum absolute atomic E-state index is 13.5. The van der Waals surface area contributed by atoms with Crippen LogP contribution >= 0.6 is 0 Å². The molecule has 2 aromatic rings. The normalized spacial score (nSPS) is 14.2. The zero-order valence-corrected chi connectivity index (χ0v) is 20.0. The average Bonchev–Trinajstić information content (AvgIpc) is 2.76. The smallest absolute Gasteiger partial charge is 0.398 e. The molecule has 0 aliphatic heterocycles. The van der Waals surface area contributed by atoms with Crippen molar-refractivity contribution in [2.45, 2.75) is 69.0 Å². The summed E-state index contributed by atoms with van der Waals surface area (Å²) in [5.74, 6) is 0. The standard InChI is InChI=1S/C23H22F12N2O2/c1-3-10-8-16(36)14(18(38,20(24,25)26)21(27,28)29)6-12(10)5-13-7-15(17(37)9-11(13)4-2)19(39,22(30,31)32)23(33,34)35/h6-9,38-39H,3-5,36-37H2,1-2H3. The largest absolute Gasteiger partial charge is 0.430 e. The summed E-state index contributed by atoms with van der Waals surface area (Å²) < 4.78 is 162. The van der Waals surface area contributed by atoms with Crippen LogP contribution in [0.3, 0.4) is 0 Å². The molecule has 0 atom stereocenters. The van der Waals surface area contributed by atoms with E-state index in [-0.39, 0.29) is 36.1 Å². The number of hydrogen-bond donors (Lipinski definition) is 4. The highest BCUT2D eigenvalue weighted by Crippen LogP contribution is 2.53. The van der Waals surface area contributed by atoms with Crippen LogP contribution < -0.4 is 11.5 Å². The molecule has 0 saturated carbocycles. The zero-order valence-electron chi connectivity index (χ0n) is 20.0. The van der Waals surface area contributed by atoms with Gasteiger partial charge in [0.2, 0.25) is 0 Å². The average molecular weight is 586 g/mol. The number of aryl methyl sites for hydroxylation is 2. The van der Waals surface area contributed by atoms with Gasteiger partial charge in [0.15, 0.2) is 0 Å². The molecule has 0 fully saturated rings. The minimum absolute atomic E-state index is 0.00900. The van der Waals surface area contributed by atoms with E-state index in [1.54, 1.807) is 0 Å². The van der Waals surface area contributed by atoms with Crippen molar-refractivity contribution in [3.05, 3.63) is 57.6 Å². The highest BCUT2D eigenvalue weighted by atomic mass is 19.4. The Morgan fingerprint density at radius 1 is 0.513 bits per heavy atom. The Hall–Kier alpha value is -2.88. The maximum atomic E-state index is 13.5. The van der Waals surface area contributed by atoms with Gasteiger partial charge < -0.3 is 21.7 Å². The van der Waals surface area contributed by atoms with Crippen LogP contribution in [0.4, 0.5) is 64.1 Å². The lowest BCUT2D eigenvalue weighted by molar-refractivity contribution is -0.376. The van der Waals surface area contributed by atoms with Crippen molar-refractivity contribution in [2.24, 2.45) is 0 Å². The molecule has 16 heteroatoms. The second-order valence-corrected chi connectivity index (χ2v) is 8.71. The van der Waals surface area contributed by atoms with Gasteiger partial charge in [-0.1, -0.05) is 13.8 Å². The summed E-state index contributed by atoms with van der Waals surface area (Å²) in [6.45, 7) is 2.80. The van der Waals surface area contributed by atoms with Gasteiger partial charge in [-0.3, -0.25) is 0 Å². The molecule has 0 aliphatic rings. The van der Waals surface area contributed by atoms with Crippen LogP contribution in [0.2, 0.25) is 0 Å². The lowest BCUT2D eigenvalue weighted by Gasteiger charge is -2.34. The molecule has 0 amide bonds. The SMILES string of the molecule is CCc1cc(N)c(C(O)(C(F)(F)F)C(F)(F)F)cc1Cc1cc(C(O)(C(F)(F)F)C(F)(F)F)c(N)cc1CC. The first kappa shape index (κ1) is 32.3. The predicted molar refractivity (Wildman–Crippen MR) is 115 cm³/mol. The molecule has 2 rings (SSSR count). The summed E-state index contributed by atoms with van der Waals surface area (Å²) in [7, 11) is 0. The van der Waals surface area contributed by atoms with Crippen LogP contribution in [0, 0.1) is 0 Å². The van der Waals surface area contributed by atoms with Gasteiger partial charge in [0.1, 0.15) is 0 Å². The number of halogens is 12. The van der Waals surface area contributed by atoms with Gasteiger partial charge in [-0.05, 0) is 65.8 Å². The van der Waals surface area contributed by atoms with Crippen molar-refractivity contribution >= 4 is 11.4 Å². The number of anilines is 2. The van der Waals surface area contributed by atoms with E-state index in [0.717, 1.165) is 0 Å². The van der Waals surface area contributed by atoms with Gasteiger partial charge in [-0.2, -0.15) is 52.7 Å². The number of aliphatic hydroxyl groups is 2. The lowest BCUT2D eigenvalue weighted by atomic mass is 9.83. The predicted octanol–water partition coefficient (Wildman–Crippen LogP) is 6.19. The Morgan fingerprint density at radius 3 is 0.974 bits per heavy atom. The summed E-state index contributed by atoms with van der Waals surface area (Å²) in [5, 5.41) is 19.7. The minimum Gasteiger partial charge on any atom is -0.398 e. The summed E-state index contributed by atoms with van der Waals surface area (Å²) >= 11 is 0. The minimum atomic E-state index is -6.32. The van der Waals surface area contributed by atoms with Crippen LogP contribution in [0.1, 0.15) is 47.2 Å². The molecule has 220 valence electrons. The summed E-state index contributed by atoms with van der Waals surface area (Å²) in [4.78, 5) is 0. The fraction of sp³-hybridized carbons (Fsp3) is 0.478. The Labute approximate surface area is 213 Å². The number of nitrogens with two attached hydrogens (primary N) is 2. The molecular formula is C23H22F12N2O2. The van der Waals surface area contributed by atoms with Gasteiger partial charge in [0, 0.05) is 22.5 Å². The van der Waals surface area contributed by atoms with Crippen molar-refractivity contribution in [1.82, 2.24) is 0 Å². The molecule has 4 nitrogen and oxygen atoms in total. The summed E-state index contributed by atoms with van der Waals surface area (Å²) in [6, 6.07) is 1.89. The van der Waals surface area contributed by atoms with Crippen LogP contribution in [-0.4, -0.2) is 34.9 Å². The van der Waals surface area contributed by atoms with E-state index in [0.29, 0.717) is 12.1 Å². The third-order valence-corrected chi connectivity index (χ3v) is 6.31. The number of nitrogen functional groups attached to an aromatic ring is 2. The number of benzene rings is 2. The van der Waals surface area contributed by atoms with Crippen LogP contribution in [-0.2, 0) is 30.5 Å². The molecule has 0 saturated heterocycles. The molecule has 0 radical (unpaired) electrons. The van der Waals surface area contributed by atoms with Crippen molar-refractivity contribution in [2.75, 3.05) is 11.5 Å². The molecule has 0 aromatic heterocycles. The zero-order chi connectivity index (χ0) is 30.6. The van der Waals surface area contributed by atoms with Gasteiger partial charge in [-0.15, -0.1) is 0 Å². The Kier molecular flexibility index (Phi) is 8.24. The molecule has 0 spiro atoms. The van der Waals surface area contributed by atoms with E-state index in [1.807, 2.05) is 0 Å². The third kappa shape index (κ3) is 5.32. The van der Waals surface area contributed by atoms with E-state index >= 15 is 0 Å². The third-order valence-electron chi connectivity index (χ3n) is 6.31. The molecule has 0 aliphatic carbocycles. The van der Waals surface area contributed by atoms with Gasteiger partial charge in [0.25, 0.3) is 11.2 Å². The fourth-order valence-corrected chi connectivity index (χ4v) is 4.17. The van der Waals surface area contributed by atoms with Crippen LogP contribution in [0.25, 0.3) is 0 Å². The quantitative estimate of drug-likeness (QED) is 0.240. The van der Waals surface area contributed by atoms with Gasteiger partial charge in [-0.25, -0.2) is 0 Å². The van der Waals surface area contributed by atoms with E-state index in [2.05, 4.69) is 0 Å². The van der Waals surface area contributed by atoms with Gasteiger partial charge >= 0.3 is 24.7 Å². The molecule has 6 N–H and O–H groups in total. The second kappa shape index (κ2) is 9.94. The van der Waals surface area contributed by atoms with Crippen molar-refractivity contribution in [1.29, 1.82) is 0 Å². The fourth-order valence-electron chi connectivity index (χ4n) is 4.17. The summed E-state index contributed by atoms with van der Waals surface area (Å²) in [5.41, 5.74) is -6.75. The van der Waals surface area contributed by atoms with Crippen molar-refractivity contribution in [3.63, 3.8) is 0 Å². The monoisotopic (exact) mass is 586 g/mol. The van der Waals surface area contributed by atoms with Crippen LogP contribution in [0.5, 0.6) is 0 Å². The van der Waals surface area contributed by atoms with E-state index < -0.39 is 76.0 Å². The molecule has 0 bridgehead atoms. The van der Waals surface area contributed by atoms with Gasteiger partial charge in [0.05, 0.1) is 0 Å². The van der Waals surface area contributed by atoms with Crippen molar-refractivity contribution < 1.29 is 62.9 Å². The summed E-state index contributed by atoms with van der Waals surface area (Å²) in [6.07, 6.45) is -26.2. The van der Waals surface area contributed by atoms with Crippen LogP contribution in [0.15, 0.2) is 24.3 Å². The maximum Gasteiger partial charge on any atom is 0.430 e. The van der Waals surface area contributed by atoms with E-state index in [4.69, 9.17) is 11.5 Å². The second-order valence-electron chi connectivity index (χ2n) is 8.71. The Bertz CT molecular complexity index is 1090. The van der Waals surface area contributed by atoms with Crippen molar-refractivity contribution in [3.8, 4) is 0 Å². The molecular weight excluding hydrogens is 564 g/mol. The molecule has 2 aromatic carbocycles.